The number of nitrogens with one attached hydrogen (secondary N) is 2. The number of carbonyl (C=O) groups excluding carboxylic acids is 2. The predicted octanol–water partition coefficient (Wildman–Crippen LogP) is 4.39. The van der Waals surface area contributed by atoms with E-state index in [1.807, 2.05) is 14.1 Å². The fraction of sp³-hybridized carbons (Fsp3) is 0.239. The third kappa shape index (κ3) is 8.22. The van der Waals surface area contributed by atoms with Gasteiger partial charge in [-0.2, -0.15) is 13.4 Å². The van der Waals surface area contributed by atoms with Gasteiger partial charge in [-0.15, -0.1) is 0 Å². The van der Waals surface area contributed by atoms with E-state index in [1.54, 1.807) is 72.7 Å². The molecule has 8 rings (SSSR count). The Morgan fingerprint density at radius 2 is 1.68 bits per heavy atom. The van der Waals surface area contributed by atoms with Crippen molar-refractivity contribution in [1.82, 2.24) is 19.6 Å². The molecule has 0 aliphatic carbocycles. The number of unbranched alkanes of at least 4 members (excludes halogenated alkanes) is 1. The van der Waals surface area contributed by atoms with E-state index < -0.39 is 33.2 Å². The molecule has 342 valence electrons. The zero-order valence-corrected chi connectivity index (χ0v) is 37.4. The lowest BCUT2D eigenvalue weighted by molar-refractivity contribution is 0.0831. The summed E-state index contributed by atoms with van der Waals surface area (Å²) in [7, 11) is 3.55. The number of amides is 2. The molecule has 1 unspecified atom stereocenters. The molecule has 0 saturated heterocycles. The molecule has 2 aliphatic heterocycles. The largest absolute Gasteiger partial charge is 0.493 e. The molecule has 19 nitrogen and oxygen atoms in total. The molecular formula is C46H47N9O10S. The summed E-state index contributed by atoms with van der Waals surface area (Å²) in [4.78, 5) is 51.7. The van der Waals surface area contributed by atoms with Gasteiger partial charge in [-0.05, 0) is 79.1 Å². The number of benzene rings is 4. The maximum atomic E-state index is 14.3. The van der Waals surface area contributed by atoms with Crippen LogP contribution in [-0.2, 0) is 22.2 Å². The van der Waals surface area contributed by atoms with Gasteiger partial charge in [0.1, 0.15) is 34.0 Å². The Kier molecular flexibility index (Phi) is 11.9. The lowest BCUT2D eigenvalue weighted by Gasteiger charge is -2.39. The second-order valence-corrected chi connectivity index (χ2v) is 17.1. The summed E-state index contributed by atoms with van der Waals surface area (Å²) in [5.74, 6) is 0.253. The molecule has 1 atom stereocenters. The highest BCUT2D eigenvalue weighted by Crippen LogP contribution is 2.54. The van der Waals surface area contributed by atoms with Gasteiger partial charge in [0.05, 0.1) is 20.8 Å². The molecule has 1 spiro atoms. The topological polar surface area (TPSA) is 270 Å². The van der Waals surface area contributed by atoms with Crippen molar-refractivity contribution < 1.29 is 41.4 Å². The van der Waals surface area contributed by atoms with Crippen LogP contribution in [0.15, 0.2) is 94.3 Å². The van der Waals surface area contributed by atoms with Gasteiger partial charge in [-0.25, -0.2) is 19.2 Å². The number of aromatic nitrogens is 2. The first-order valence-corrected chi connectivity index (χ1v) is 22.1. The van der Waals surface area contributed by atoms with Crippen LogP contribution < -0.4 is 56.7 Å². The molecule has 0 saturated carbocycles. The smallest absolute Gasteiger partial charge is 0.347 e. The minimum absolute atomic E-state index is 0.0229. The Labute approximate surface area is 379 Å². The average molecular weight is 918 g/mol. The van der Waals surface area contributed by atoms with Gasteiger partial charge < -0.3 is 50.4 Å². The first-order valence-electron chi connectivity index (χ1n) is 20.6. The number of hydrogen-bond acceptors (Lipinski definition) is 16. The van der Waals surface area contributed by atoms with Gasteiger partial charge in [0.15, 0.2) is 11.5 Å². The third-order valence-electron chi connectivity index (χ3n) is 11.4. The number of ether oxygens (including phenoxy) is 4. The Morgan fingerprint density at radius 3 is 2.36 bits per heavy atom. The number of fused-ring (bicyclic) bond motifs is 5. The van der Waals surface area contributed by atoms with Gasteiger partial charge in [-0.1, -0.05) is 6.07 Å². The van der Waals surface area contributed by atoms with Crippen molar-refractivity contribution >= 4 is 61.9 Å². The fourth-order valence-corrected chi connectivity index (χ4v) is 9.10. The van der Waals surface area contributed by atoms with Gasteiger partial charge in [0, 0.05) is 97.0 Å². The van der Waals surface area contributed by atoms with E-state index in [2.05, 4.69) is 20.6 Å². The summed E-state index contributed by atoms with van der Waals surface area (Å²) in [6.45, 7) is 0.498. The molecule has 0 bridgehead atoms. The van der Waals surface area contributed by atoms with Crippen molar-refractivity contribution in [3.05, 3.63) is 134 Å². The van der Waals surface area contributed by atoms with E-state index in [-0.39, 0.29) is 64.2 Å². The van der Waals surface area contributed by atoms with Crippen LogP contribution >= 0.6 is 0 Å². The Morgan fingerprint density at radius 1 is 0.924 bits per heavy atom. The monoisotopic (exact) mass is 917 g/mol. The summed E-state index contributed by atoms with van der Waals surface area (Å²) in [5.41, 5.74) is 12.5. The van der Waals surface area contributed by atoms with Crippen molar-refractivity contribution in [2.24, 2.45) is 5.14 Å². The molecular weight excluding hydrogens is 871 g/mol. The highest BCUT2D eigenvalue weighted by molar-refractivity contribution is 7.87. The van der Waals surface area contributed by atoms with Crippen molar-refractivity contribution in [1.29, 1.82) is 0 Å². The molecule has 66 heavy (non-hydrogen) atoms. The van der Waals surface area contributed by atoms with Crippen molar-refractivity contribution in [3.63, 3.8) is 0 Å². The predicted molar refractivity (Wildman–Crippen MR) is 248 cm³/mol. The number of anilines is 4. The van der Waals surface area contributed by atoms with Gasteiger partial charge in [0.25, 0.3) is 11.8 Å². The molecule has 0 radical (unpaired) electrons. The maximum Gasteiger partial charge on any atom is 0.347 e. The van der Waals surface area contributed by atoms with E-state index in [4.69, 9.17) is 40.0 Å². The lowest BCUT2D eigenvalue weighted by atomic mass is 9.80. The first-order chi connectivity index (χ1) is 31.6. The van der Waals surface area contributed by atoms with Crippen LogP contribution in [0.3, 0.4) is 0 Å². The number of nitrogens with zero attached hydrogens (tertiary/aromatic N) is 4. The summed E-state index contributed by atoms with van der Waals surface area (Å²) in [6.07, 6.45) is 4.36. The SMILES string of the molecule is CNc1ccc2cc(C3=CC4(c5ccc(N(C)C)cc5O3)c3cc(C(=O)NCCCCOc5c(OC)cc(Cc6cnc(N)nc6N)cc5OC)ccc3C(=O)N4S(N)(=O)=O)c(=O)oc2c1. The van der Waals surface area contributed by atoms with Crippen LogP contribution in [0, 0.1) is 0 Å². The summed E-state index contributed by atoms with van der Waals surface area (Å²) in [5, 5.41) is 12.3. The number of methoxy groups -OCH3 is 2. The maximum absolute atomic E-state index is 14.3. The third-order valence-corrected chi connectivity index (χ3v) is 12.3. The van der Waals surface area contributed by atoms with E-state index in [0.717, 1.165) is 5.56 Å². The number of nitrogen functional groups attached to an aromatic ring is 2. The Hall–Kier alpha value is -7.84. The standard InChI is InChI=1S/C46H47N9O10S/c1-50-29-10-8-26-19-32(44(58)65-35(26)21-29)39-23-46(33-13-11-30(54(2)3)22-36(33)64-39)34-20-27(9-12-31(34)43(57)55(46)66(49,59)60)42(56)51-14-6-7-15-63-40-37(61-4)17-25(18-38(40)62-5)16-28-24-52-45(48)53-41(28)47/h8-13,17-24,50H,6-7,14-16H2,1-5H3,(H,51,56)(H2,49,59,60)(H4,47,48,52,53). The van der Waals surface area contributed by atoms with Crippen LogP contribution in [0.1, 0.15) is 61.4 Å². The zero-order valence-electron chi connectivity index (χ0n) is 36.6. The highest BCUT2D eigenvalue weighted by atomic mass is 32.2. The second-order valence-electron chi connectivity index (χ2n) is 15.7. The van der Waals surface area contributed by atoms with Crippen molar-refractivity contribution in [2.45, 2.75) is 24.8 Å². The number of rotatable bonds is 15. The molecule has 8 N–H and O–H groups in total. The second kappa shape index (κ2) is 17.6. The van der Waals surface area contributed by atoms with Crippen LogP contribution in [0.5, 0.6) is 23.0 Å². The Bertz CT molecular complexity index is 3110. The van der Waals surface area contributed by atoms with Crippen LogP contribution in [0.25, 0.3) is 16.7 Å². The molecule has 4 heterocycles. The van der Waals surface area contributed by atoms with E-state index in [1.165, 1.54) is 38.5 Å². The molecule has 2 amide bonds. The van der Waals surface area contributed by atoms with E-state index in [9.17, 15) is 22.8 Å². The van der Waals surface area contributed by atoms with Crippen LogP contribution in [0.4, 0.5) is 23.1 Å². The number of nitrogens with two attached hydrogens (primary N) is 3. The number of carbonyl (C=O) groups is 2. The Balaban J connectivity index is 1.06. The zero-order chi connectivity index (χ0) is 47.1. The summed E-state index contributed by atoms with van der Waals surface area (Å²) in [6, 6.07) is 19.7. The van der Waals surface area contributed by atoms with E-state index in [0.29, 0.717) is 68.7 Å². The number of hydrogen-bond donors (Lipinski definition) is 5. The summed E-state index contributed by atoms with van der Waals surface area (Å²) >= 11 is 0. The lowest BCUT2D eigenvalue weighted by Crippen LogP contribution is -2.51. The van der Waals surface area contributed by atoms with Crippen LogP contribution in [0.2, 0.25) is 0 Å². The minimum Gasteiger partial charge on any atom is -0.493 e. The van der Waals surface area contributed by atoms with Gasteiger partial charge in [-0.3, -0.25) is 9.59 Å². The normalized spacial score (nSPS) is 15.2. The molecule has 4 aromatic carbocycles. The van der Waals surface area contributed by atoms with E-state index >= 15 is 0 Å². The first kappa shape index (κ1) is 44.8. The molecule has 0 fully saturated rings. The molecule has 2 aliphatic rings. The average Bonchev–Trinajstić information content (AvgIpc) is 3.54. The van der Waals surface area contributed by atoms with Gasteiger partial charge in [0.2, 0.25) is 11.7 Å². The highest BCUT2D eigenvalue weighted by Gasteiger charge is 2.57. The fourth-order valence-electron chi connectivity index (χ4n) is 8.12. The summed E-state index contributed by atoms with van der Waals surface area (Å²) < 4.78 is 57.3. The molecule has 20 heteroatoms. The minimum atomic E-state index is -4.83. The molecule has 6 aromatic rings. The molecule has 2 aromatic heterocycles. The van der Waals surface area contributed by atoms with Crippen molar-refractivity contribution in [2.75, 3.05) is 70.2 Å². The quantitative estimate of drug-likeness (QED) is 0.0706. The van der Waals surface area contributed by atoms with Crippen molar-refractivity contribution in [3.8, 4) is 23.0 Å². The van der Waals surface area contributed by atoms with Crippen LogP contribution in [-0.4, -0.2) is 83.0 Å². The van der Waals surface area contributed by atoms with Gasteiger partial charge >= 0.3 is 15.8 Å².